The van der Waals surface area contributed by atoms with Gasteiger partial charge in [-0.1, -0.05) is 0 Å². The molecule has 1 saturated heterocycles. The van der Waals surface area contributed by atoms with Crippen LogP contribution in [0.25, 0.3) is 0 Å². The number of ether oxygens (including phenoxy) is 3. The van der Waals surface area contributed by atoms with E-state index in [1.807, 2.05) is 0 Å². The molecule has 2 unspecified atom stereocenters. The number of hydrogen-bond donors (Lipinski definition) is 3. The minimum absolute atomic E-state index is 0.120. The lowest BCUT2D eigenvalue weighted by molar-refractivity contribution is -0.192. The molecule has 3 N–H and O–H groups in total. The summed E-state index contributed by atoms with van der Waals surface area (Å²) in [7, 11) is 2.90. The molecule has 17 heteroatoms. The minimum atomic E-state index is -4.04. The van der Waals surface area contributed by atoms with Crippen LogP contribution in [0.5, 0.6) is 23.0 Å². The van der Waals surface area contributed by atoms with E-state index < -0.39 is 60.9 Å². The summed E-state index contributed by atoms with van der Waals surface area (Å²) < 4.78 is 75.9. The summed E-state index contributed by atoms with van der Waals surface area (Å²) in [6.45, 7) is -5.24. The van der Waals surface area contributed by atoms with Gasteiger partial charge in [0.25, 0.3) is 12.0 Å². The molecule has 0 spiro atoms. The van der Waals surface area contributed by atoms with Gasteiger partial charge < -0.3 is 33.5 Å². The van der Waals surface area contributed by atoms with Gasteiger partial charge >= 0.3 is 12.4 Å². The number of benzene rings is 2. The quantitative estimate of drug-likeness (QED) is 0.271. The van der Waals surface area contributed by atoms with Crippen molar-refractivity contribution < 1.29 is 51.2 Å². The largest absolute Gasteiger partial charge is 0.497 e. The van der Waals surface area contributed by atoms with Crippen LogP contribution in [0.15, 0.2) is 64.3 Å². The van der Waals surface area contributed by atoms with Gasteiger partial charge in [-0.2, -0.15) is 4.39 Å². The van der Waals surface area contributed by atoms with Gasteiger partial charge in [-0.15, -0.1) is 0 Å². The first-order valence-electron chi connectivity index (χ1n) is 11.7. The van der Waals surface area contributed by atoms with Crippen LogP contribution in [0.4, 0.5) is 13.2 Å². The lowest BCUT2D eigenvalue weighted by atomic mass is 9.96. The number of nitrogens with zero attached hydrogens (tertiary/aromatic N) is 1. The van der Waals surface area contributed by atoms with Crippen LogP contribution in [0.2, 0.25) is 0 Å². The maximum Gasteiger partial charge on any atom is 0.435 e. The smallest absolute Gasteiger partial charge is 0.435 e. The third kappa shape index (κ3) is 6.42. The van der Waals surface area contributed by atoms with Gasteiger partial charge in [0.15, 0.2) is 11.8 Å². The monoisotopic (exact) mass is 620 g/mol. The Bertz CT molecular complexity index is 1470. The average molecular weight is 620 g/mol. The zero-order valence-corrected chi connectivity index (χ0v) is 23.0. The van der Waals surface area contributed by atoms with Crippen molar-refractivity contribution in [2.24, 2.45) is 0 Å². The highest BCUT2D eigenvalue weighted by atomic mass is 32.5. The summed E-state index contributed by atoms with van der Waals surface area (Å²) in [6.07, 6.45) is -9.78. The van der Waals surface area contributed by atoms with Crippen LogP contribution in [0.1, 0.15) is 6.23 Å². The number of rotatable bonds is 11. The minimum Gasteiger partial charge on any atom is -0.497 e. The molecule has 4 atom stereocenters. The summed E-state index contributed by atoms with van der Waals surface area (Å²) in [6, 6.07) is 12.0. The Morgan fingerprint density at radius 1 is 1.00 bits per heavy atom. The summed E-state index contributed by atoms with van der Waals surface area (Å²) in [5.41, 5.74) is -5.66. The Hall–Kier alpha value is -3.40. The summed E-state index contributed by atoms with van der Waals surface area (Å²) in [5, 5.41) is 21.2. The second kappa shape index (κ2) is 12.2. The lowest BCUT2D eigenvalue weighted by Gasteiger charge is -2.33. The maximum atomic E-state index is 14.5. The SMILES string of the molecule is COc1ccc(OP(=S)(OC[C@]2(C(F)F)O[C@H](n3cc(F)c(=O)[nH]c3=O)C(O)C2O)Oc2ccc(OC)cc2)cc1. The Morgan fingerprint density at radius 2 is 1.49 bits per heavy atom. The molecule has 222 valence electrons. The van der Waals surface area contributed by atoms with Crippen molar-refractivity contribution in [2.75, 3.05) is 20.8 Å². The molecule has 0 radical (unpaired) electrons. The van der Waals surface area contributed by atoms with E-state index in [0.29, 0.717) is 22.3 Å². The molecule has 2 heterocycles. The second-order valence-corrected chi connectivity index (χ2v) is 11.5. The van der Waals surface area contributed by atoms with Crippen molar-refractivity contribution in [2.45, 2.75) is 30.5 Å². The van der Waals surface area contributed by atoms with E-state index in [0.717, 1.165) is 0 Å². The van der Waals surface area contributed by atoms with Crippen LogP contribution in [-0.2, 0) is 21.1 Å². The molecule has 12 nitrogen and oxygen atoms in total. The van der Waals surface area contributed by atoms with Crippen LogP contribution < -0.4 is 29.8 Å². The Kier molecular flexibility index (Phi) is 9.11. The van der Waals surface area contributed by atoms with Crippen molar-refractivity contribution in [1.82, 2.24) is 9.55 Å². The highest BCUT2D eigenvalue weighted by Crippen LogP contribution is 2.52. The van der Waals surface area contributed by atoms with E-state index in [1.54, 1.807) is 4.98 Å². The van der Waals surface area contributed by atoms with Crippen LogP contribution in [-0.4, -0.2) is 64.8 Å². The van der Waals surface area contributed by atoms with Crippen LogP contribution in [0.3, 0.4) is 0 Å². The van der Waals surface area contributed by atoms with Crippen molar-refractivity contribution in [3.05, 3.63) is 81.4 Å². The molecule has 0 aliphatic carbocycles. The molecular weight excluding hydrogens is 596 g/mol. The first-order valence-corrected chi connectivity index (χ1v) is 14.2. The normalized spacial score (nSPS) is 22.5. The molecule has 1 aliphatic heterocycles. The number of methoxy groups -OCH3 is 2. The fourth-order valence-corrected chi connectivity index (χ4v) is 5.76. The van der Waals surface area contributed by atoms with Gasteiger partial charge in [-0.25, -0.2) is 13.6 Å². The predicted octanol–water partition coefficient (Wildman–Crippen LogP) is 2.35. The number of hydrogen-bond acceptors (Lipinski definition) is 11. The first-order chi connectivity index (χ1) is 19.4. The topological polar surface area (TPSA) is 151 Å². The van der Waals surface area contributed by atoms with E-state index in [4.69, 9.17) is 39.6 Å². The van der Waals surface area contributed by atoms with E-state index in [-0.39, 0.29) is 11.5 Å². The number of aliphatic hydroxyl groups excluding tert-OH is 2. The summed E-state index contributed by atoms with van der Waals surface area (Å²) in [5.74, 6) is -0.256. The van der Waals surface area contributed by atoms with Crippen molar-refractivity contribution in [3.8, 4) is 23.0 Å². The fraction of sp³-hybridized carbons (Fsp3) is 0.333. The highest BCUT2D eigenvalue weighted by Gasteiger charge is 2.61. The van der Waals surface area contributed by atoms with Gasteiger partial charge in [0.05, 0.1) is 27.0 Å². The molecular formula is C24H24F3N2O10PS. The van der Waals surface area contributed by atoms with Crippen molar-refractivity contribution in [1.29, 1.82) is 0 Å². The first kappa shape index (κ1) is 30.6. The fourth-order valence-electron chi connectivity index (χ4n) is 3.83. The lowest BCUT2D eigenvalue weighted by Crippen LogP contribution is -2.52. The third-order valence-corrected chi connectivity index (χ3v) is 8.10. The van der Waals surface area contributed by atoms with Crippen molar-refractivity contribution >= 4 is 18.5 Å². The van der Waals surface area contributed by atoms with Crippen molar-refractivity contribution in [3.63, 3.8) is 0 Å². The molecule has 1 fully saturated rings. The number of nitrogens with one attached hydrogen (secondary N) is 1. The van der Waals surface area contributed by atoms with Crippen LogP contribution >= 0.6 is 6.72 Å². The van der Waals surface area contributed by atoms with E-state index in [2.05, 4.69) is 0 Å². The molecule has 0 amide bonds. The summed E-state index contributed by atoms with van der Waals surface area (Å²) >= 11 is 5.50. The van der Waals surface area contributed by atoms with E-state index >= 15 is 0 Å². The second-order valence-electron chi connectivity index (χ2n) is 8.60. The van der Waals surface area contributed by atoms with Gasteiger partial charge in [-0.3, -0.25) is 18.9 Å². The maximum absolute atomic E-state index is 14.5. The van der Waals surface area contributed by atoms with Gasteiger partial charge in [0.1, 0.15) is 35.2 Å². The van der Waals surface area contributed by atoms with Gasteiger partial charge in [0, 0.05) is 11.8 Å². The number of H-pyrrole nitrogens is 1. The molecule has 1 aromatic heterocycles. The molecule has 3 aromatic rings. The van der Waals surface area contributed by atoms with Gasteiger partial charge in [-0.05, 0) is 48.5 Å². The standard InChI is InChI=1S/C24H24F3N2O10PS/c1-34-13-3-7-15(8-4-13)38-40(41,39-16-9-5-14(35-2)6-10-16)36-12-24(22(26)27)19(31)18(30)21(37-24)29-11-17(25)20(32)28-23(29)33/h3-11,18-19,21-22,30-31H,12H2,1-2H3,(H,28,32,33)/t18?,19?,21-,24-/m0/s1. The zero-order chi connectivity index (χ0) is 29.9. The van der Waals surface area contributed by atoms with E-state index in [1.165, 1.54) is 62.8 Å². The zero-order valence-electron chi connectivity index (χ0n) is 21.3. The molecule has 0 saturated carbocycles. The summed E-state index contributed by atoms with van der Waals surface area (Å²) in [4.78, 5) is 25.2. The Labute approximate surface area is 235 Å². The number of aromatic nitrogens is 2. The number of aliphatic hydroxyl groups is 2. The van der Waals surface area contributed by atoms with E-state index in [9.17, 15) is 33.0 Å². The number of aromatic amines is 1. The number of alkyl halides is 2. The average Bonchev–Trinajstić information content (AvgIpc) is 3.21. The van der Waals surface area contributed by atoms with Gasteiger partial charge in [0.2, 0.25) is 5.82 Å². The van der Waals surface area contributed by atoms with Crippen LogP contribution in [0, 0.1) is 5.82 Å². The molecule has 41 heavy (non-hydrogen) atoms. The highest BCUT2D eigenvalue weighted by molar-refractivity contribution is 8.07. The Morgan fingerprint density at radius 3 is 1.95 bits per heavy atom. The molecule has 0 bridgehead atoms. The third-order valence-electron chi connectivity index (χ3n) is 6.03. The molecule has 4 rings (SSSR count). The molecule has 2 aromatic carbocycles. The Balaban J connectivity index is 1.65. The molecule has 1 aliphatic rings. The predicted molar refractivity (Wildman–Crippen MR) is 140 cm³/mol. The number of halogens is 3.